The van der Waals surface area contributed by atoms with E-state index in [9.17, 15) is 14.7 Å². The minimum atomic E-state index is -0.694. The van der Waals surface area contributed by atoms with Gasteiger partial charge in [0, 0.05) is 18.7 Å². The Morgan fingerprint density at radius 3 is 2.38 bits per heavy atom. The molecule has 0 aromatic heterocycles. The van der Waals surface area contributed by atoms with Gasteiger partial charge in [-0.2, -0.15) is 0 Å². The molecule has 3 rings (SSSR count). The van der Waals surface area contributed by atoms with E-state index in [1.54, 1.807) is 23.1 Å². The molecule has 1 heterocycles. The van der Waals surface area contributed by atoms with Crippen LogP contribution in [0.1, 0.15) is 37.9 Å². The maximum atomic E-state index is 13.1. The molecule has 7 heteroatoms. The first kappa shape index (κ1) is 23.8. The highest BCUT2D eigenvalue weighted by Crippen LogP contribution is 2.40. The van der Waals surface area contributed by atoms with Crippen molar-refractivity contribution in [2.45, 2.75) is 26.8 Å². The van der Waals surface area contributed by atoms with Gasteiger partial charge < -0.3 is 19.6 Å². The number of ether oxygens (including phenoxy) is 1. The molecule has 32 heavy (non-hydrogen) atoms. The predicted molar refractivity (Wildman–Crippen MR) is 126 cm³/mol. The number of ketones is 1. The molecule has 6 nitrogen and oxygen atoms in total. The number of likely N-dealkylation sites (tertiary alicyclic amines) is 1. The van der Waals surface area contributed by atoms with Gasteiger partial charge in [-0.25, -0.2) is 0 Å². The molecule has 1 N–H and O–H groups in total. The molecule has 2 aromatic rings. The van der Waals surface area contributed by atoms with Gasteiger partial charge in [0.1, 0.15) is 11.5 Å². The zero-order chi connectivity index (χ0) is 23.3. The van der Waals surface area contributed by atoms with Crippen molar-refractivity contribution in [1.82, 2.24) is 9.80 Å². The summed E-state index contributed by atoms with van der Waals surface area (Å²) in [7, 11) is 0. The zero-order valence-electron chi connectivity index (χ0n) is 18.7. The quantitative estimate of drug-likeness (QED) is 0.341. The zero-order valence-corrected chi connectivity index (χ0v) is 19.4. The number of hydrogen-bond acceptors (Lipinski definition) is 5. The number of carbonyl (C=O) groups is 2. The van der Waals surface area contributed by atoms with Crippen molar-refractivity contribution >= 4 is 29.1 Å². The van der Waals surface area contributed by atoms with Crippen LogP contribution in [-0.4, -0.2) is 59.4 Å². The highest BCUT2D eigenvalue weighted by molar-refractivity contribution is 6.46. The van der Waals surface area contributed by atoms with E-state index >= 15 is 0 Å². The highest BCUT2D eigenvalue weighted by atomic mass is 35.5. The third-order valence-electron chi connectivity index (χ3n) is 5.71. The lowest BCUT2D eigenvalue weighted by Crippen LogP contribution is -2.38. The van der Waals surface area contributed by atoms with Gasteiger partial charge in [0.15, 0.2) is 0 Å². The molecule has 0 saturated carbocycles. The molecule has 1 aliphatic rings. The molecule has 0 aliphatic carbocycles. The van der Waals surface area contributed by atoms with Crippen LogP contribution >= 0.6 is 11.6 Å². The van der Waals surface area contributed by atoms with Gasteiger partial charge >= 0.3 is 0 Å². The smallest absolute Gasteiger partial charge is 0.295 e. The molecule has 1 amide bonds. The number of Topliss-reactive ketones (excluding diaryl/α,β-unsaturated/α-hetero) is 1. The fourth-order valence-corrected chi connectivity index (χ4v) is 4.19. The summed E-state index contributed by atoms with van der Waals surface area (Å²) in [4.78, 5) is 29.8. The van der Waals surface area contributed by atoms with Crippen LogP contribution in [0.2, 0.25) is 5.02 Å². The van der Waals surface area contributed by atoms with Crippen molar-refractivity contribution in [3.8, 4) is 5.75 Å². The third-order valence-corrected chi connectivity index (χ3v) is 6.01. The molecule has 1 fully saturated rings. The topological polar surface area (TPSA) is 70.1 Å². The lowest BCUT2D eigenvalue weighted by atomic mass is 9.95. The van der Waals surface area contributed by atoms with Gasteiger partial charge in [-0.3, -0.25) is 9.59 Å². The SMILES string of the molecule is CCOc1ccc(C(O)=C2C(=O)C(=O)N(CCN(CC)CC)[C@H]2c2ccccc2)cc1Cl. The second-order valence-electron chi connectivity index (χ2n) is 7.51. The number of amides is 1. The Bertz CT molecular complexity index is 1000. The van der Waals surface area contributed by atoms with Crippen LogP contribution in [-0.2, 0) is 9.59 Å². The number of aliphatic hydroxyl groups excluding tert-OH is 1. The van der Waals surface area contributed by atoms with Crippen LogP contribution in [0.15, 0.2) is 54.1 Å². The van der Waals surface area contributed by atoms with Gasteiger partial charge in [0.05, 0.1) is 23.2 Å². The van der Waals surface area contributed by atoms with Crippen LogP contribution in [0.3, 0.4) is 0 Å². The molecular formula is C25H29ClN2O4. The van der Waals surface area contributed by atoms with Gasteiger partial charge in [-0.1, -0.05) is 55.8 Å². The maximum absolute atomic E-state index is 13.1. The van der Waals surface area contributed by atoms with Gasteiger partial charge in [-0.05, 0) is 43.8 Å². The van der Waals surface area contributed by atoms with Crippen LogP contribution in [0.25, 0.3) is 5.76 Å². The lowest BCUT2D eigenvalue weighted by molar-refractivity contribution is -0.140. The van der Waals surface area contributed by atoms with Crippen molar-refractivity contribution < 1.29 is 19.4 Å². The molecule has 1 atom stereocenters. The molecular weight excluding hydrogens is 428 g/mol. The number of likely N-dealkylation sites (N-methyl/N-ethyl adjacent to an activating group) is 1. The minimum Gasteiger partial charge on any atom is -0.507 e. The summed E-state index contributed by atoms with van der Waals surface area (Å²) in [5.74, 6) is -1.05. The molecule has 0 radical (unpaired) electrons. The van der Waals surface area contributed by atoms with E-state index in [0.717, 1.165) is 18.7 Å². The maximum Gasteiger partial charge on any atom is 0.295 e. The van der Waals surface area contributed by atoms with E-state index in [2.05, 4.69) is 18.7 Å². The average Bonchev–Trinajstić information content (AvgIpc) is 3.06. The fraction of sp³-hybridized carbons (Fsp3) is 0.360. The standard InChI is InChI=1S/C25H29ClN2O4/c1-4-27(5-2)14-15-28-22(17-10-8-7-9-11-17)21(24(30)25(28)31)23(29)18-12-13-20(32-6-3)19(26)16-18/h7-13,16,22,29H,4-6,14-15H2,1-3H3/t22-/m0/s1. The van der Waals surface area contributed by atoms with E-state index in [1.165, 1.54) is 0 Å². The van der Waals surface area contributed by atoms with Gasteiger partial charge in [-0.15, -0.1) is 0 Å². The monoisotopic (exact) mass is 456 g/mol. The van der Waals surface area contributed by atoms with E-state index < -0.39 is 17.7 Å². The number of carbonyl (C=O) groups excluding carboxylic acids is 2. The second kappa shape index (κ2) is 10.7. The van der Waals surface area contributed by atoms with Gasteiger partial charge in [0.2, 0.25) is 0 Å². The van der Waals surface area contributed by atoms with Gasteiger partial charge in [0.25, 0.3) is 11.7 Å². The van der Waals surface area contributed by atoms with Crippen molar-refractivity contribution in [3.63, 3.8) is 0 Å². The lowest BCUT2D eigenvalue weighted by Gasteiger charge is -2.28. The van der Waals surface area contributed by atoms with Crippen LogP contribution in [0.5, 0.6) is 5.75 Å². The Hall–Kier alpha value is -2.83. The predicted octanol–water partition coefficient (Wildman–Crippen LogP) is 4.50. The van der Waals surface area contributed by atoms with Crippen LogP contribution in [0, 0.1) is 0 Å². The Morgan fingerprint density at radius 2 is 1.78 bits per heavy atom. The Labute approximate surface area is 194 Å². The summed E-state index contributed by atoms with van der Waals surface area (Å²) >= 11 is 6.30. The second-order valence-corrected chi connectivity index (χ2v) is 7.92. The Balaban J connectivity index is 2.07. The number of nitrogens with zero attached hydrogens (tertiary/aromatic N) is 2. The molecule has 1 aliphatic heterocycles. The summed E-state index contributed by atoms with van der Waals surface area (Å²) in [5, 5.41) is 11.5. The summed E-state index contributed by atoms with van der Waals surface area (Å²) in [5.41, 5.74) is 1.20. The third kappa shape index (κ3) is 4.81. The average molecular weight is 457 g/mol. The van der Waals surface area contributed by atoms with E-state index in [0.29, 0.717) is 36.0 Å². The molecule has 0 unspecified atom stereocenters. The van der Waals surface area contributed by atoms with E-state index in [1.807, 2.05) is 37.3 Å². The summed E-state index contributed by atoms with van der Waals surface area (Å²) in [6.07, 6.45) is 0. The van der Waals surface area contributed by atoms with Crippen molar-refractivity contribution in [2.24, 2.45) is 0 Å². The van der Waals surface area contributed by atoms with E-state index in [-0.39, 0.29) is 11.3 Å². The number of hydrogen-bond donors (Lipinski definition) is 1. The Kier molecular flexibility index (Phi) is 7.94. The largest absolute Gasteiger partial charge is 0.507 e. The number of benzene rings is 2. The van der Waals surface area contributed by atoms with Crippen molar-refractivity contribution in [3.05, 3.63) is 70.3 Å². The first-order valence-electron chi connectivity index (χ1n) is 10.9. The molecule has 2 aromatic carbocycles. The van der Waals surface area contributed by atoms with Crippen LogP contribution in [0.4, 0.5) is 0 Å². The fourth-order valence-electron chi connectivity index (χ4n) is 3.96. The van der Waals surface area contributed by atoms with E-state index in [4.69, 9.17) is 16.3 Å². The molecule has 170 valence electrons. The normalized spacial score (nSPS) is 17.9. The molecule has 0 bridgehead atoms. The summed E-state index contributed by atoms with van der Waals surface area (Å²) < 4.78 is 5.45. The van der Waals surface area contributed by atoms with Crippen molar-refractivity contribution in [2.75, 3.05) is 32.8 Å². The van der Waals surface area contributed by atoms with Crippen LogP contribution < -0.4 is 4.74 Å². The summed E-state index contributed by atoms with van der Waals surface area (Å²) in [6.45, 7) is 9.14. The molecule has 1 saturated heterocycles. The Morgan fingerprint density at radius 1 is 1.09 bits per heavy atom. The molecule has 0 spiro atoms. The number of rotatable bonds is 9. The highest BCUT2D eigenvalue weighted by Gasteiger charge is 2.45. The first-order chi connectivity index (χ1) is 15.4. The minimum absolute atomic E-state index is 0.0703. The number of halogens is 1. The first-order valence-corrected chi connectivity index (χ1v) is 11.3. The summed E-state index contributed by atoms with van der Waals surface area (Å²) in [6, 6.07) is 13.5. The number of aliphatic hydroxyl groups is 1. The van der Waals surface area contributed by atoms with Crippen molar-refractivity contribution in [1.29, 1.82) is 0 Å².